The Hall–Kier alpha value is -3.22. The molecule has 0 atom stereocenters. The number of carbonyl (C=O) groups is 2. The predicted molar refractivity (Wildman–Crippen MR) is 85.6 cm³/mol. The zero-order valence-electron chi connectivity index (χ0n) is 12.8. The number of carbonyl (C=O) groups excluding carboxylic acids is 1. The molecule has 7 nitrogen and oxygen atoms in total. The van der Waals surface area contributed by atoms with Crippen LogP contribution in [0.5, 0.6) is 0 Å². The zero-order valence-corrected chi connectivity index (χ0v) is 12.8. The molecule has 0 unspecified atom stereocenters. The van der Waals surface area contributed by atoms with Gasteiger partial charge in [-0.1, -0.05) is 60.7 Å². The molecular weight excluding hydrogens is 314 g/mol. The fourth-order valence-corrected chi connectivity index (χ4v) is 1.82. The van der Waals surface area contributed by atoms with Gasteiger partial charge in [0.1, 0.15) is 6.42 Å². The maximum Gasteiger partial charge on any atom is 0.314 e. The van der Waals surface area contributed by atoms with Crippen LogP contribution in [0.25, 0.3) is 0 Å². The number of rotatable bonds is 6. The van der Waals surface area contributed by atoms with Gasteiger partial charge in [-0.05, 0) is 24.0 Å². The van der Waals surface area contributed by atoms with Crippen molar-refractivity contribution in [3.63, 3.8) is 0 Å². The van der Waals surface area contributed by atoms with Crippen molar-refractivity contribution in [3.05, 3.63) is 81.9 Å². The van der Waals surface area contributed by atoms with Crippen LogP contribution < -0.4 is 0 Å². The summed E-state index contributed by atoms with van der Waals surface area (Å²) >= 11 is 0. The minimum atomic E-state index is -1.47. The number of hydrogen-bond acceptors (Lipinski definition) is 5. The highest BCUT2D eigenvalue weighted by atomic mass is 17.0. The van der Waals surface area contributed by atoms with Gasteiger partial charge in [0.2, 0.25) is 0 Å². The smallest absolute Gasteiger partial charge is 0.314 e. The molecule has 0 aliphatic heterocycles. The Labute approximate surface area is 138 Å². The molecule has 0 aliphatic rings. The summed E-state index contributed by atoms with van der Waals surface area (Å²) in [5.74, 6) is -2.86. The van der Waals surface area contributed by atoms with Crippen molar-refractivity contribution in [2.24, 2.45) is 0 Å². The minimum Gasteiger partial charge on any atom is -0.481 e. The molecule has 0 saturated carbocycles. The van der Waals surface area contributed by atoms with Crippen LogP contribution in [-0.4, -0.2) is 22.1 Å². The molecule has 0 amide bonds. The third kappa shape index (κ3) is 8.93. The van der Waals surface area contributed by atoms with Crippen molar-refractivity contribution in [2.45, 2.75) is 19.3 Å². The average Bonchev–Trinajstić information content (AvgIpc) is 2.54. The van der Waals surface area contributed by atoms with E-state index < -0.39 is 23.4 Å². The highest BCUT2D eigenvalue weighted by Crippen LogP contribution is 2.06. The monoisotopic (exact) mass is 331 g/mol. The van der Waals surface area contributed by atoms with Gasteiger partial charge in [-0.15, -0.1) is 10.1 Å². The summed E-state index contributed by atoms with van der Waals surface area (Å²) < 4.78 is 0. The van der Waals surface area contributed by atoms with Crippen molar-refractivity contribution in [1.29, 1.82) is 0 Å². The van der Waals surface area contributed by atoms with Crippen molar-refractivity contribution in [2.75, 3.05) is 0 Å². The molecule has 1 N–H and O–H groups in total. The van der Waals surface area contributed by atoms with Crippen LogP contribution in [0.4, 0.5) is 0 Å². The lowest BCUT2D eigenvalue weighted by Crippen LogP contribution is -2.13. The summed E-state index contributed by atoms with van der Waals surface area (Å²) in [6.07, 6.45) is 1.26. The molecule has 24 heavy (non-hydrogen) atoms. The van der Waals surface area contributed by atoms with Crippen LogP contribution >= 0.6 is 0 Å². The Balaban J connectivity index is 0.000000257. The highest BCUT2D eigenvalue weighted by molar-refractivity contribution is 5.89. The van der Waals surface area contributed by atoms with E-state index in [0.29, 0.717) is 0 Å². The fraction of sp³-hybridized carbons (Fsp3) is 0.176. The number of carboxylic acids is 1. The lowest BCUT2D eigenvalue weighted by molar-refractivity contribution is -0.729. The van der Waals surface area contributed by atoms with Crippen LogP contribution in [-0.2, 0) is 27.3 Å². The Morgan fingerprint density at radius 2 is 1.33 bits per heavy atom. The molecule has 0 aliphatic carbocycles. The molecular formula is C17H17NO6. The molecule has 0 bridgehead atoms. The molecule has 0 heterocycles. The second kappa shape index (κ2) is 10.5. The van der Waals surface area contributed by atoms with Gasteiger partial charge in [-0.3, -0.25) is 9.59 Å². The van der Waals surface area contributed by atoms with E-state index in [2.05, 4.69) is 65.5 Å². The summed E-state index contributed by atoms with van der Waals surface area (Å²) in [4.78, 5) is 32.3. The first-order valence-electron chi connectivity index (χ1n) is 7.12. The third-order valence-electron chi connectivity index (χ3n) is 2.86. The molecule has 0 radical (unpaired) electrons. The van der Waals surface area contributed by atoms with Gasteiger partial charge in [0, 0.05) is 0 Å². The molecule has 0 saturated heterocycles. The summed E-state index contributed by atoms with van der Waals surface area (Å²) in [6, 6.07) is 21.2. The molecule has 2 aromatic rings. The van der Waals surface area contributed by atoms with Crippen molar-refractivity contribution < 1.29 is 24.6 Å². The fourth-order valence-electron chi connectivity index (χ4n) is 1.82. The van der Waals surface area contributed by atoms with Crippen molar-refractivity contribution >= 4 is 11.9 Å². The van der Waals surface area contributed by atoms with Crippen LogP contribution in [0, 0.1) is 10.1 Å². The number of nitrogens with zero attached hydrogens (tertiary/aromatic N) is 1. The Morgan fingerprint density at radius 3 is 1.67 bits per heavy atom. The van der Waals surface area contributed by atoms with E-state index in [0.717, 1.165) is 12.8 Å². The zero-order chi connectivity index (χ0) is 17.8. The van der Waals surface area contributed by atoms with E-state index >= 15 is 0 Å². The van der Waals surface area contributed by atoms with E-state index in [9.17, 15) is 19.7 Å². The van der Waals surface area contributed by atoms with Gasteiger partial charge < -0.3 is 5.11 Å². The van der Waals surface area contributed by atoms with Crippen LogP contribution in [0.2, 0.25) is 0 Å². The topological polar surface area (TPSA) is 107 Å². The standard InChI is InChI=1S/C14H14.C3H3NO6/c1-3-7-13(8-4-1)11-12-14-9-5-2-6-10-14;5-2(6)1-3(7)10-4(8)9/h1-10H,11-12H2;1H2,(H,5,6). The highest BCUT2D eigenvalue weighted by Gasteiger charge is 2.11. The Kier molecular flexibility index (Phi) is 8.23. The van der Waals surface area contributed by atoms with Crippen LogP contribution in [0.15, 0.2) is 60.7 Å². The van der Waals surface area contributed by atoms with Crippen LogP contribution in [0.3, 0.4) is 0 Å². The van der Waals surface area contributed by atoms with Gasteiger partial charge in [-0.25, -0.2) is 4.84 Å². The number of aliphatic carboxylic acids is 1. The Bertz CT molecular complexity index is 600. The van der Waals surface area contributed by atoms with Gasteiger partial charge in [0.25, 0.3) is 0 Å². The van der Waals surface area contributed by atoms with Gasteiger partial charge >= 0.3 is 17.0 Å². The normalized spacial score (nSPS) is 9.33. The van der Waals surface area contributed by atoms with E-state index in [1.54, 1.807) is 0 Å². The lowest BCUT2D eigenvalue weighted by Gasteiger charge is -2.01. The summed E-state index contributed by atoms with van der Waals surface area (Å²) in [5, 5.41) is 15.9. The summed E-state index contributed by atoms with van der Waals surface area (Å²) in [7, 11) is 0. The maximum absolute atomic E-state index is 10.0. The van der Waals surface area contributed by atoms with Crippen molar-refractivity contribution in [1.82, 2.24) is 0 Å². The maximum atomic E-state index is 10.0. The first kappa shape index (κ1) is 18.8. The largest absolute Gasteiger partial charge is 0.481 e. The van der Waals surface area contributed by atoms with E-state index in [1.165, 1.54) is 11.1 Å². The average molecular weight is 331 g/mol. The third-order valence-corrected chi connectivity index (χ3v) is 2.86. The number of hydrogen-bond donors (Lipinski definition) is 1. The molecule has 126 valence electrons. The SMILES string of the molecule is O=C(O)CC(=O)O[N+](=O)[O-].c1ccc(CCc2ccccc2)cc1. The Morgan fingerprint density at radius 1 is 0.917 bits per heavy atom. The lowest BCUT2D eigenvalue weighted by atomic mass is 10.0. The number of benzene rings is 2. The van der Waals surface area contributed by atoms with E-state index in [4.69, 9.17) is 5.11 Å². The van der Waals surface area contributed by atoms with Gasteiger partial charge in [0.15, 0.2) is 0 Å². The first-order chi connectivity index (χ1) is 11.5. The predicted octanol–water partition coefficient (Wildman–Crippen LogP) is 2.67. The summed E-state index contributed by atoms with van der Waals surface area (Å²) in [6.45, 7) is 0. The summed E-state index contributed by atoms with van der Waals surface area (Å²) in [5.41, 5.74) is 2.83. The van der Waals surface area contributed by atoms with Gasteiger partial charge in [-0.2, -0.15) is 0 Å². The van der Waals surface area contributed by atoms with Gasteiger partial charge in [0.05, 0.1) is 0 Å². The van der Waals surface area contributed by atoms with Crippen LogP contribution in [0.1, 0.15) is 17.5 Å². The van der Waals surface area contributed by atoms with E-state index in [-0.39, 0.29) is 0 Å². The molecule has 0 aromatic heterocycles. The number of carboxylic acid groups (broad SMARTS) is 1. The molecule has 2 aromatic carbocycles. The minimum absolute atomic E-state index is 0.999. The van der Waals surface area contributed by atoms with Crippen molar-refractivity contribution in [3.8, 4) is 0 Å². The second-order valence-electron chi connectivity index (χ2n) is 4.73. The first-order valence-corrected chi connectivity index (χ1v) is 7.12. The van der Waals surface area contributed by atoms with E-state index in [1.807, 2.05) is 0 Å². The second-order valence-corrected chi connectivity index (χ2v) is 4.73. The quantitative estimate of drug-likeness (QED) is 0.495. The molecule has 7 heteroatoms. The molecule has 0 spiro atoms. The molecule has 2 rings (SSSR count). The number of aryl methyl sites for hydroxylation is 2. The molecule has 0 fully saturated rings.